The molecule has 2 aromatic carbocycles. The number of methoxy groups -OCH3 is 1. The maximum Gasteiger partial charge on any atom is 0.427 e. The van der Waals surface area contributed by atoms with Gasteiger partial charge in [-0.1, -0.05) is 12.1 Å². The molecule has 3 heterocycles. The molecule has 14 nitrogen and oxygen atoms in total. The van der Waals surface area contributed by atoms with Crippen LogP contribution in [0, 0.1) is 17.2 Å². The van der Waals surface area contributed by atoms with Crippen LogP contribution >= 0.6 is 0 Å². The van der Waals surface area contributed by atoms with E-state index in [1.165, 1.54) is 0 Å². The minimum Gasteiger partial charge on any atom is -0.491 e. The molecule has 14 heteroatoms. The van der Waals surface area contributed by atoms with Crippen LogP contribution in [0.4, 0.5) is 25.1 Å². The highest BCUT2D eigenvalue weighted by Gasteiger charge is 2.37. The molecule has 5 rings (SSSR count). The van der Waals surface area contributed by atoms with Crippen LogP contribution in [0.25, 0.3) is 22.2 Å². The molecule has 3 aromatic rings. The van der Waals surface area contributed by atoms with E-state index in [0.29, 0.717) is 67.4 Å². The fourth-order valence-electron chi connectivity index (χ4n) is 5.65. The molecule has 0 radical (unpaired) electrons. The number of nitrogens with zero attached hydrogens (tertiary/aromatic N) is 6. The van der Waals surface area contributed by atoms with Gasteiger partial charge in [0.1, 0.15) is 23.6 Å². The predicted octanol–water partition coefficient (Wildman–Crippen LogP) is 6.54. The topological polar surface area (TPSA) is 157 Å². The molecule has 1 saturated heterocycles. The number of ether oxygens (including phenoxy) is 4. The molecule has 0 bridgehead atoms. The summed E-state index contributed by atoms with van der Waals surface area (Å²) in [5.41, 5.74) is 0.941. The molecular weight excluding hydrogens is 632 g/mol. The number of amides is 4. The van der Waals surface area contributed by atoms with Crippen LogP contribution in [0.5, 0.6) is 5.75 Å². The number of fused-ring (bicyclic) bond motifs is 2. The quantitative estimate of drug-likeness (QED) is 0.273. The van der Waals surface area contributed by atoms with Crippen molar-refractivity contribution in [3.05, 3.63) is 42.0 Å². The van der Waals surface area contributed by atoms with E-state index in [4.69, 9.17) is 18.9 Å². The monoisotopic (exact) mass is 674 g/mol. The lowest BCUT2D eigenvalue weighted by Crippen LogP contribution is -2.46. The van der Waals surface area contributed by atoms with Gasteiger partial charge in [-0.25, -0.2) is 28.7 Å². The van der Waals surface area contributed by atoms with E-state index in [0.717, 1.165) is 22.8 Å². The van der Waals surface area contributed by atoms with Crippen molar-refractivity contribution in [1.29, 1.82) is 5.26 Å². The van der Waals surface area contributed by atoms with Gasteiger partial charge in [-0.15, -0.1) is 4.90 Å². The second-order valence-corrected chi connectivity index (χ2v) is 14.0. The molecule has 1 aromatic heterocycles. The summed E-state index contributed by atoms with van der Waals surface area (Å²) >= 11 is 0. The van der Waals surface area contributed by atoms with Gasteiger partial charge in [0.05, 0.1) is 37.3 Å². The van der Waals surface area contributed by atoms with Crippen molar-refractivity contribution < 1.29 is 38.1 Å². The molecule has 260 valence electrons. The number of hydrogen-bond acceptors (Lipinski definition) is 10. The summed E-state index contributed by atoms with van der Waals surface area (Å²) in [6.45, 7) is 12.2. The van der Waals surface area contributed by atoms with Gasteiger partial charge in [0.15, 0.2) is 0 Å². The predicted molar refractivity (Wildman–Crippen MR) is 179 cm³/mol. The Morgan fingerprint density at radius 3 is 2.18 bits per heavy atom. The molecule has 0 spiro atoms. The van der Waals surface area contributed by atoms with Crippen LogP contribution in [0.1, 0.15) is 59.9 Å². The number of piperidine rings is 1. The van der Waals surface area contributed by atoms with Crippen molar-refractivity contribution in [1.82, 2.24) is 19.4 Å². The van der Waals surface area contributed by atoms with E-state index in [1.807, 2.05) is 18.2 Å². The Bertz CT molecular complexity index is 1810. The summed E-state index contributed by atoms with van der Waals surface area (Å²) in [6, 6.07) is 13.0. The molecule has 2 aliphatic rings. The highest BCUT2D eigenvalue weighted by atomic mass is 16.6. The van der Waals surface area contributed by atoms with E-state index in [9.17, 15) is 24.4 Å². The van der Waals surface area contributed by atoms with Gasteiger partial charge in [-0.3, -0.25) is 0 Å². The second-order valence-electron chi connectivity index (χ2n) is 14.0. The SMILES string of the molecule is COC(=O)N(C(=O)OC(C)(C)C)c1nc2ccc(-c3ccc4c(c3)CN(C(=O)N3CCC(C#N)CC3)CCO4)cc2n1C(=O)OC(C)(C)C. The first-order valence-electron chi connectivity index (χ1n) is 16.1. The largest absolute Gasteiger partial charge is 0.491 e. The highest BCUT2D eigenvalue weighted by Crippen LogP contribution is 2.34. The summed E-state index contributed by atoms with van der Waals surface area (Å²) in [5, 5.41) is 9.25. The van der Waals surface area contributed by atoms with Gasteiger partial charge in [-0.2, -0.15) is 5.26 Å². The lowest BCUT2D eigenvalue weighted by Gasteiger charge is -2.33. The van der Waals surface area contributed by atoms with Crippen LogP contribution in [0.3, 0.4) is 0 Å². The smallest absolute Gasteiger partial charge is 0.427 e. The number of carbonyl (C=O) groups excluding carboxylic acids is 4. The number of rotatable bonds is 2. The van der Waals surface area contributed by atoms with Gasteiger partial charge >= 0.3 is 24.3 Å². The molecule has 2 aliphatic heterocycles. The fraction of sp³-hybridized carbons (Fsp3) is 0.486. The number of benzene rings is 2. The van der Waals surface area contributed by atoms with Gasteiger partial charge in [0.25, 0.3) is 0 Å². The van der Waals surface area contributed by atoms with Gasteiger partial charge in [0, 0.05) is 24.6 Å². The third kappa shape index (κ3) is 7.88. The number of hydrogen-bond donors (Lipinski definition) is 0. The number of urea groups is 1. The Balaban J connectivity index is 1.54. The van der Waals surface area contributed by atoms with Crippen molar-refractivity contribution in [3.63, 3.8) is 0 Å². The number of imidazole rings is 1. The summed E-state index contributed by atoms with van der Waals surface area (Å²) < 4.78 is 23.1. The van der Waals surface area contributed by atoms with Crippen molar-refractivity contribution in [2.45, 2.75) is 72.1 Å². The summed E-state index contributed by atoms with van der Waals surface area (Å²) in [5.74, 6) is 0.280. The maximum atomic E-state index is 13.7. The van der Waals surface area contributed by atoms with Crippen molar-refractivity contribution in [2.75, 3.05) is 38.3 Å². The van der Waals surface area contributed by atoms with Crippen LogP contribution in [0.15, 0.2) is 36.4 Å². The van der Waals surface area contributed by atoms with E-state index < -0.39 is 29.5 Å². The summed E-state index contributed by atoms with van der Waals surface area (Å²) in [4.78, 5) is 62.0. The zero-order chi connectivity index (χ0) is 35.7. The average Bonchev–Trinajstić information content (AvgIpc) is 3.27. The molecule has 1 fully saturated rings. The Labute approximate surface area is 285 Å². The molecule has 0 atom stereocenters. The van der Waals surface area contributed by atoms with Crippen LogP contribution in [-0.2, 0) is 20.8 Å². The molecule has 49 heavy (non-hydrogen) atoms. The number of likely N-dealkylation sites (tertiary alicyclic amines) is 1. The Kier molecular flexibility index (Phi) is 9.76. The summed E-state index contributed by atoms with van der Waals surface area (Å²) in [7, 11) is 1.10. The number of aromatic nitrogens is 2. The van der Waals surface area contributed by atoms with Crippen LogP contribution < -0.4 is 9.64 Å². The summed E-state index contributed by atoms with van der Waals surface area (Å²) in [6.07, 6.45) is -1.74. The standard InChI is InChI=1S/C35H42N6O8/c1-34(2,3)48-32(44)40-27-19-24(8-10-26(27)37-29(40)41(31(43)46-7)33(45)49-35(4,5)6)23-9-11-28-25(18-23)21-39(16-17-47-28)30(42)38-14-12-22(20-36)13-15-38/h8-11,18-19,22H,12-17,21H2,1-7H3. The Morgan fingerprint density at radius 2 is 1.55 bits per heavy atom. The molecule has 0 unspecified atom stereocenters. The highest BCUT2D eigenvalue weighted by molar-refractivity contribution is 6.10. The van der Waals surface area contributed by atoms with Gasteiger partial charge in [-0.05, 0) is 89.8 Å². The van der Waals surface area contributed by atoms with Crippen molar-refractivity contribution in [2.24, 2.45) is 5.92 Å². The zero-order valence-corrected chi connectivity index (χ0v) is 28.9. The fourth-order valence-corrected chi connectivity index (χ4v) is 5.65. The zero-order valence-electron chi connectivity index (χ0n) is 28.9. The normalized spacial score (nSPS) is 15.4. The maximum absolute atomic E-state index is 13.7. The van der Waals surface area contributed by atoms with Crippen molar-refractivity contribution >= 4 is 41.3 Å². The number of carbonyl (C=O) groups is 4. The van der Waals surface area contributed by atoms with Gasteiger partial charge in [0.2, 0.25) is 5.95 Å². The third-order valence-corrected chi connectivity index (χ3v) is 7.94. The second kappa shape index (κ2) is 13.7. The molecule has 4 amide bonds. The van der Waals surface area contributed by atoms with Crippen LogP contribution in [-0.4, -0.2) is 88.2 Å². The molecule has 0 saturated carbocycles. The van der Waals surface area contributed by atoms with E-state index in [1.54, 1.807) is 69.5 Å². The Hall–Kier alpha value is -5.32. The lowest BCUT2D eigenvalue weighted by molar-refractivity contribution is 0.0538. The third-order valence-electron chi connectivity index (χ3n) is 7.94. The Morgan fingerprint density at radius 1 is 0.898 bits per heavy atom. The van der Waals surface area contributed by atoms with Gasteiger partial charge < -0.3 is 28.7 Å². The molecular formula is C35H42N6O8. The first kappa shape index (κ1) is 35.0. The lowest BCUT2D eigenvalue weighted by atomic mass is 9.99. The minimum atomic E-state index is -1.10. The van der Waals surface area contributed by atoms with Crippen molar-refractivity contribution in [3.8, 4) is 22.9 Å². The molecule has 0 aliphatic carbocycles. The van der Waals surface area contributed by atoms with E-state index in [2.05, 4.69) is 11.1 Å². The van der Waals surface area contributed by atoms with Crippen LogP contribution in [0.2, 0.25) is 0 Å². The minimum absolute atomic E-state index is 0.0271. The number of imide groups is 1. The van der Waals surface area contributed by atoms with E-state index in [-0.39, 0.29) is 23.4 Å². The van der Waals surface area contributed by atoms with E-state index >= 15 is 0 Å². The molecule has 0 N–H and O–H groups in total. The number of anilines is 1. The first-order chi connectivity index (χ1) is 23.1. The number of nitriles is 1. The first-order valence-corrected chi connectivity index (χ1v) is 16.1. The average molecular weight is 675 g/mol.